The molecule has 6 nitrogen and oxygen atoms in total. The van der Waals surface area contributed by atoms with Crippen molar-refractivity contribution >= 4 is 0 Å². The number of aliphatic hydroxyl groups excluding tert-OH is 2. The summed E-state index contributed by atoms with van der Waals surface area (Å²) in [5.74, 6) is 0. The molecule has 0 spiro atoms. The number of aromatic nitrogens is 2. The summed E-state index contributed by atoms with van der Waals surface area (Å²) < 4.78 is 0.963. The van der Waals surface area contributed by atoms with Gasteiger partial charge in [-0.1, -0.05) is 0 Å². The molecule has 0 radical (unpaired) electrons. The quantitative estimate of drug-likeness (QED) is 0.616. The van der Waals surface area contributed by atoms with Gasteiger partial charge in [-0.15, -0.1) is 0 Å². The lowest BCUT2D eigenvalue weighted by Crippen LogP contribution is -2.42. The minimum atomic E-state index is -1.09. The molecule has 94 valence electrons. The molecule has 1 aliphatic rings. The first-order valence-corrected chi connectivity index (χ1v) is 5.77. The predicted octanol–water partition coefficient (Wildman–Crippen LogP) is -1.23. The van der Waals surface area contributed by atoms with Gasteiger partial charge in [0.1, 0.15) is 0 Å². The summed E-state index contributed by atoms with van der Waals surface area (Å²) in [7, 11) is 0. The van der Waals surface area contributed by atoms with Crippen LogP contribution in [0.4, 0.5) is 0 Å². The molecule has 1 aromatic rings. The highest BCUT2D eigenvalue weighted by Crippen LogP contribution is 2.14. The number of H-pyrrole nitrogens is 1. The standard InChI is InChI=1S/C11H16N2O4/c14-6-7(15)5-13-10(16)8-3-1-2-4-9(8)12-11(13)17/h7,14-15H,1-6H2,(H,12,17). The molecule has 0 saturated heterocycles. The van der Waals surface area contributed by atoms with E-state index in [0.717, 1.165) is 29.5 Å². The molecule has 0 bridgehead atoms. The molecule has 6 heteroatoms. The Morgan fingerprint density at radius 2 is 2.00 bits per heavy atom. The summed E-state index contributed by atoms with van der Waals surface area (Å²) >= 11 is 0. The second-order valence-electron chi connectivity index (χ2n) is 4.35. The minimum absolute atomic E-state index is 0.169. The Kier molecular flexibility index (Phi) is 3.44. The Balaban J connectivity index is 2.46. The second kappa shape index (κ2) is 4.85. The highest BCUT2D eigenvalue weighted by molar-refractivity contribution is 5.19. The van der Waals surface area contributed by atoms with Crippen molar-refractivity contribution < 1.29 is 10.2 Å². The maximum atomic E-state index is 12.0. The molecule has 0 saturated carbocycles. The molecule has 1 unspecified atom stereocenters. The largest absolute Gasteiger partial charge is 0.394 e. The van der Waals surface area contributed by atoms with Crippen LogP contribution in [0.25, 0.3) is 0 Å². The Morgan fingerprint density at radius 1 is 1.29 bits per heavy atom. The van der Waals surface area contributed by atoms with Crippen LogP contribution in [0.2, 0.25) is 0 Å². The first kappa shape index (κ1) is 12.1. The van der Waals surface area contributed by atoms with E-state index in [4.69, 9.17) is 5.11 Å². The third-order valence-electron chi connectivity index (χ3n) is 3.08. The number of aromatic amines is 1. The second-order valence-corrected chi connectivity index (χ2v) is 4.35. The van der Waals surface area contributed by atoms with Gasteiger partial charge in [-0.2, -0.15) is 0 Å². The molecule has 0 aromatic carbocycles. The van der Waals surface area contributed by atoms with Crippen molar-refractivity contribution in [1.82, 2.24) is 9.55 Å². The third-order valence-corrected chi connectivity index (χ3v) is 3.08. The number of hydrogen-bond acceptors (Lipinski definition) is 4. The van der Waals surface area contributed by atoms with Gasteiger partial charge >= 0.3 is 5.69 Å². The third kappa shape index (κ3) is 2.32. The van der Waals surface area contributed by atoms with Crippen LogP contribution in [0.3, 0.4) is 0 Å². The maximum Gasteiger partial charge on any atom is 0.328 e. The first-order chi connectivity index (χ1) is 8.13. The molecule has 1 atom stereocenters. The van der Waals surface area contributed by atoms with E-state index in [1.54, 1.807) is 0 Å². The summed E-state index contributed by atoms with van der Waals surface area (Å²) in [6.45, 7) is -0.638. The molecule has 2 rings (SSSR count). The number of rotatable bonds is 3. The number of nitrogens with zero attached hydrogens (tertiary/aromatic N) is 1. The fraction of sp³-hybridized carbons (Fsp3) is 0.636. The SMILES string of the molecule is O=c1[nH]c2c(c(=O)n1CC(O)CO)CCCC2. The molecule has 1 aromatic heterocycles. The van der Waals surface area contributed by atoms with Gasteiger partial charge < -0.3 is 15.2 Å². The van der Waals surface area contributed by atoms with Crippen molar-refractivity contribution in [3.63, 3.8) is 0 Å². The van der Waals surface area contributed by atoms with E-state index in [9.17, 15) is 14.7 Å². The Hall–Kier alpha value is -1.40. The van der Waals surface area contributed by atoms with E-state index in [2.05, 4.69) is 4.98 Å². The van der Waals surface area contributed by atoms with Crippen LogP contribution in [-0.2, 0) is 19.4 Å². The zero-order valence-electron chi connectivity index (χ0n) is 9.48. The topological polar surface area (TPSA) is 95.3 Å². The van der Waals surface area contributed by atoms with Crippen LogP contribution < -0.4 is 11.2 Å². The van der Waals surface area contributed by atoms with Gasteiger partial charge in [-0.3, -0.25) is 9.36 Å². The van der Waals surface area contributed by atoms with E-state index < -0.39 is 18.4 Å². The molecule has 1 aliphatic carbocycles. The zero-order valence-corrected chi connectivity index (χ0v) is 9.48. The van der Waals surface area contributed by atoms with E-state index >= 15 is 0 Å². The van der Waals surface area contributed by atoms with Crippen LogP contribution in [-0.4, -0.2) is 32.5 Å². The monoisotopic (exact) mass is 240 g/mol. The summed E-state index contributed by atoms with van der Waals surface area (Å²) in [5.41, 5.74) is 0.515. The summed E-state index contributed by atoms with van der Waals surface area (Å²) in [6, 6.07) is 0. The molecule has 1 heterocycles. The molecule has 0 aliphatic heterocycles. The molecular weight excluding hydrogens is 224 g/mol. The van der Waals surface area contributed by atoms with Gasteiger partial charge in [0.25, 0.3) is 5.56 Å². The van der Waals surface area contributed by atoms with Gasteiger partial charge in [0.05, 0.1) is 19.3 Å². The fourth-order valence-electron chi connectivity index (χ4n) is 2.17. The average Bonchev–Trinajstić information content (AvgIpc) is 2.34. The van der Waals surface area contributed by atoms with Crippen LogP contribution in [0, 0.1) is 0 Å². The van der Waals surface area contributed by atoms with Crippen molar-refractivity contribution in [2.75, 3.05) is 6.61 Å². The highest BCUT2D eigenvalue weighted by atomic mass is 16.3. The smallest absolute Gasteiger partial charge is 0.328 e. The summed E-state index contributed by atoms with van der Waals surface area (Å²) in [6.07, 6.45) is 2.22. The Labute approximate surface area is 97.5 Å². The van der Waals surface area contributed by atoms with E-state index in [1.807, 2.05) is 0 Å². The van der Waals surface area contributed by atoms with Gasteiger partial charge in [0.2, 0.25) is 0 Å². The van der Waals surface area contributed by atoms with E-state index in [0.29, 0.717) is 12.0 Å². The lowest BCUT2D eigenvalue weighted by molar-refractivity contribution is 0.0791. The molecule has 3 N–H and O–H groups in total. The molecule has 17 heavy (non-hydrogen) atoms. The predicted molar refractivity (Wildman–Crippen MR) is 61.1 cm³/mol. The average molecular weight is 240 g/mol. The van der Waals surface area contributed by atoms with Gasteiger partial charge in [0.15, 0.2) is 0 Å². The number of hydrogen-bond donors (Lipinski definition) is 3. The first-order valence-electron chi connectivity index (χ1n) is 5.77. The summed E-state index contributed by atoms with van der Waals surface area (Å²) in [5, 5.41) is 18.0. The van der Waals surface area contributed by atoms with Crippen molar-refractivity contribution in [3.05, 3.63) is 32.1 Å². The van der Waals surface area contributed by atoms with Crippen LogP contribution in [0.5, 0.6) is 0 Å². The molecule has 0 fully saturated rings. The van der Waals surface area contributed by atoms with Gasteiger partial charge in [0, 0.05) is 11.3 Å². The van der Waals surface area contributed by atoms with Crippen molar-refractivity contribution in [1.29, 1.82) is 0 Å². The Bertz CT molecular complexity index is 517. The van der Waals surface area contributed by atoms with Crippen molar-refractivity contribution in [2.45, 2.75) is 38.3 Å². The van der Waals surface area contributed by atoms with Crippen LogP contribution in [0.1, 0.15) is 24.1 Å². The number of aliphatic hydroxyl groups is 2. The fourth-order valence-corrected chi connectivity index (χ4v) is 2.17. The van der Waals surface area contributed by atoms with Crippen LogP contribution in [0.15, 0.2) is 9.59 Å². The van der Waals surface area contributed by atoms with Crippen molar-refractivity contribution in [2.24, 2.45) is 0 Å². The zero-order chi connectivity index (χ0) is 12.4. The van der Waals surface area contributed by atoms with E-state index in [-0.39, 0.29) is 12.1 Å². The van der Waals surface area contributed by atoms with Crippen LogP contribution >= 0.6 is 0 Å². The number of nitrogens with one attached hydrogen (secondary N) is 1. The lowest BCUT2D eigenvalue weighted by Gasteiger charge is -2.17. The van der Waals surface area contributed by atoms with Gasteiger partial charge in [-0.05, 0) is 25.7 Å². The normalized spacial score (nSPS) is 16.6. The number of fused-ring (bicyclic) bond motifs is 1. The Morgan fingerprint density at radius 3 is 2.71 bits per heavy atom. The maximum absolute atomic E-state index is 12.0. The van der Waals surface area contributed by atoms with E-state index in [1.165, 1.54) is 0 Å². The highest BCUT2D eigenvalue weighted by Gasteiger charge is 2.18. The molecule has 0 amide bonds. The minimum Gasteiger partial charge on any atom is -0.394 e. The number of aryl methyl sites for hydroxylation is 1. The lowest BCUT2D eigenvalue weighted by atomic mass is 9.97. The van der Waals surface area contributed by atoms with Gasteiger partial charge in [-0.25, -0.2) is 4.79 Å². The molecular formula is C11H16N2O4. The summed E-state index contributed by atoms with van der Waals surface area (Å²) in [4.78, 5) is 26.4. The van der Waals surface area contributed by atoms with Crippen molar-refractivity contribution in [3.8, 4) is 0 Å².